The van der Waals surface area contributed by atoms with Crippen molar-refractivity contribution in [1.29, 1.82) is 0 Å². The molecule has 3 N–H and O–H groups in total. The highest BCUT2D eigenvalue weighted by molar-refractivity contribution is 5.57. The van der Waals surface area contributed by atoms with E-state index in [1.165, 1.54) is 0 Å². The molecule has 1 saturated heterocycles. The van der Waals surface area contributed by atoms with Gasteiger partial charge in [-0.05, 0) is 82.9 Å². The average Bonchev–Trinajstić information content (AvgIpc) is 3.41. The molecule has 0 amide bonds. The number of nitrogens with one attached hydrogen (secondary N) is 1. The number of oxazole rings is 1. The van der Waals surface area contributed by atoms with Crippen LogP contribution in [0.5, 0.6) is 5.75 Å². The number of aromatic nitrogens is 1. The fraction of sp³-hybridized carbons (Fsp3) is 0.500. The van der Waals surface area contributed by atoms with E-state index < -0.39 is 5.54 Å². The third-order valence-electron chi connectivity index (χ3n) is 7.71. The van der Waals surface area contributed by atoms with Crippen molar-refractivity contribution < 1.29 is 14.1 Å². The fourth-order valence-corrected chi connectivity index (χ4v) is 5.77. The van der Waals surface area contributed by atoms with Gasteiger partial charge in [-0.3, -0.25) is 10.1 Å². The Morgan fingerprint density at radius 1 is 1.10 bits per heavy atom. The number of hydrogen-bond acceptors (Lipinski definition) is 8. The van der Waals surface area contributed by atoms with Crippen molar-refractivity contribution in [1.82, 2.24) is 10.3 Å². The maximum atomic E-state index is 11.0. The molecule has 208 valence electrons. The maximum absolute atomic E-state index is 11.0. The molecule has 0 spiro atoms. The van der Waals surface area contributed by atoms with Gasteiger partial charge < -0.3 is 25.1 Å². The van der Waals surface area contributed by atoms with Crippen LogP contribution in [-0.4, -0.2) is 40.7 Å². The van der Waals surface area contributed by atoms with E-state index in [0.717, 1.165) is 68.6 Å². The Labute approximate surface area is 229 Å². The number of benzene rings is 2. The molecule has 3 atom stereocenters. The van der Waals surface area contributed by atoms with E-state index in [0.29, 0.717) is 11.7 Å². The summed E-state index contributed by atoms with van der Waals surface area (Å²) in [6.07, 6.45) is 7.77. The lowest BCUT2D eigenvalue weighted by Gasteiger charge is -2.43. The minimum absolute atomic E-state index is 0.0436. The minimum Gasteiger partial charge on any atom is -0.488 e. The van der Waals surface area contributed by atoms with Gasteiger partial charge in [0.1, 0.15) is 16.9 Å². The molecule has 1 aliphatic carbocycles. The zero-order valence-electron chi connectivity index (χ0n) is 23.1. The number of non-ortho nitro benzene ring substituents is 1. The summed E-state index contributed by atoms with van der Waals surface area (Å²) in [6, 6.07) is 15.0. The molecule has 3 aromatic rings. The van der Waals surface area contributed by atoms with E-state index in [1.54, 1.807) is 18.3 Å². The number of anilines is 1. The molecule has 9 heteroatoms. The van der Waals surface area contributed by atoms with Crippen molar-refractivity contribution in [3.05, 3.63) is 70.7 Å². The number of rotatable bonds is 7. The lowest BCUT2D eigenvalue weighted by atomic mass is 9.77. The normalized spacial score (nSPS) is 23.9. The highest BCUT2D eigenvalue weighted by Gasteiger charge is 2.44. The van der Waals surface area contributed by atoms with Crippen LogP contribution in [0.3, 0.4) is 0 Å². The molecule has 0 bridgehead atoms. The summed E-state index contributed by atoms with van der Waals surface area (Å²) in [5.74, 6) is 2.09. The summed E-state index contributed by atoms with van der Waals surface area (Å²) >= 11 is 0. The standard InChI is InChI=1S/C30H39N5O4/c1-29(2,3)39-25-15-9-21(10-16-25)26-19-32-28(38-26)30(31)17-5-4-8-27(30)33-22-7-6-18-34(20-22)23-11-13-24(14-12-23)35(36)37/h9-16,19,22,27,33H,4-8,17-18,20,31H2,1-3H3/t22?,27?,30-/m0/s1. The second-order valence-corrected chi connectivity index (χ2v) is 11.8. The number of nitrogens with two attached hydrogens (primary N) is 1. The van der Waals surface area contributed by atoms with Gasteiger partial charge in [-0.2, -0.15) is 0 Å². The molecule has 1 aromatic heterocycles. The van der Waals surface area contributed by atoms with Gasteiger partial charge in [0.15, 0.2) is 5.76 Å². The lowest BCUT2D eigenvalue weighted by molar-refractivity contribution is -0.384. The Morgan fingerprint density at radius 2 is 1.85 bits per heavy atom. The molecule has 2 fully saturated rings. The van der Waals surface area contributed by atoms with Crippen molar-refractivity contribution in [2.24, 2.45) is 5.73 Å². The van der Waals surface area contributed by atoms with Crippen LogP contribution in [0.2, 0.25) is 0 Å². The lowest BCUT2D eigenvalue weighted by Crippen LogP contribution is -2.61. The Bertz CT molecular complexity index is 1270. The van der Waals surface area contributed by atoms with Crippen molar-refractivity contribution >= 4 is 11.4 Å². The smallest absolute Gasteiger partial charge is 0.269 e. The third kappa shape index (κ3) is 6.25. The summed E-state index contributed by atoms with van der Waals surface area (Å²) < 4.78 is 12.3. The van der Waals surface area contributed by atoms with Crippen LogP contribution in [0.1, 0.15) is 65.2 Å². The SMILES string of the molecule is CC(C)(C)Oc1ccc(-c2cnc([C@]3(N)CCCCC3NC3CCCN(c4ccc([N+](=O)[O-])cc4)C3)o2)cc1. The third-order valence-corrected chi connectivity index (χ3v) is 7.71. The van der Waals surface area contributed by atoms with Crippen molar-refractivity contribution in [3.8, 4) is 17.1 Å². The average molecular weight is 534 g/mol. The van der Waals surface area contributed by atoms with Crippen molar-refractivity contribution in [3.63, 3.8) is 0 Å². The molecule has 2 aliphatic rings. The van der Waals surface area contributed by atoms with E-state index in [9.17, 15) is 10.1 Å². The molecule has 0 radical (unpaired) electrons. The molecular formula is C30H39N5O4. The first kappa shape index (κ1) is 27.1. The fourth-order valence-electron chi connectivity index (χ4n) is 5.77. The Hall–Kier alpha value is -3.43. The number of hydrogen-bond donors (Lipinski definition) is 2. The summed E-state index contributed by atoms with van der Waals surface area (Å²) in [6.45, 7) is 7.83. The van der Waals surface area contributed by atoms with Crippen LogP contribution >= 0.6 is 0 Å². The van der Waals surface area contributed by atoms with E-state index in [1.807, 2.05) is 57.2 Å². The van der Waals surface area contributed by atoms with Crippen molar-refractivity contribution in [2.75, 3.05) is 18.0 Å². The molecule has 2 unspecified atom stereocenters. The molecule has 1 saturated carbocycles. The van der Waals surface area contributed by atoms with Gasteiger partial charge in [-0.1, -0.05) is 12.8 Å². The molecular weight excluding hydrogens is 494 g/mol. The first-order chi connectivity index (χ1) is 18.6. The van der Waals surface area contributed by atoms with E-state index >= 15 is 0 Å². The minimum atomic E-state index is -0.693. The van der Waals surface area contributed by atoms with Gasteiger partial charge >= 0.3 is 0 Å². The molecule has 9 nitrogen and oxygen atoms in total. The summed E-state index contributed by atoms with van der Waals surface area (Å²) in [5.41, 5.74) is 8.20. The van der Waals surface area contributed by atoms with Crippen LogP contribution < -0.4 is 20.7 Å². The number of nitro benzene ring substituents is 1. The molecule has 2 aromatic carbocycles. The largest absolute Gasteiger partial charge is 0.488 e. The highest BCUT2D eigenvalue weighted by atomic mass is 16.6. The summed E-state index contributed by atoms with van der Waals surface area (Å²) in [4.78, 5) is 17.6. The first-order valence-electron chi connectivity index (χ1n) is 13.9. The molecule has 1 aliphatic heterocycles. The Kier molecular flexibility index (Phi) is 7.64. The monoisotopic (exact) mass is 533 g/mol. The van der Waals surface area contributed by atoms with Gasteiger partial charge in [-0.25, -0.2) is 4.98 Å². The number of piperidine rings is 1. The van der Waals surface area contributed by atoms with Crippen LogP contribution in [0.4, 0.5) is 11.4 Å². The highest BCUT2D eigenvalue weighted by Crippen LogP contribution is 2.37. The zero-order valence-corrected chi connectivity index (χ0v) is 23.1. The molecule has 39 heavy (non-hydrogen) atoms. The zero-order chi connectivity index (χ0) is 27.6. The van der Waals surface area contributed by atoms with Crippen LogP contribution in [0, 0.1) is 10.1 Å². The summed E-state index contributed by atoms with van der Waals surface area (Å²) in [5, 5.41) is 14.9. The quantitative estimate of drug-likeness (QED) is 0.290. The Balaban J connectivity index is 1.28. The van der Waals surface area contributed by atoms with Crippen LogP contribution in [-0.2, 0) is 5.54 Å². The second-order valence-electron chi connectivity index (χ2n) is 11.8. The van der Waals surface area contributed by atoms with Gasteiger partial charge in [0.25, 0.3) is 5.69 Å². The van der Waals surface area contributed by atoms with Crippen LogP contribution in [0.25, 0.3) is 11.3 Å². The molecule has 5 rings (SSSR count). The number of ether oxygens (including phenoxy) is 1. The Morgan fingerprint density at radius 3 is 2.54 bits per heavy atom. The van der Waals surface area contributed by atoms with Gasteiger partial charge in [0.2, 0.25) is 5.89 Å². The van der Waals surface area contributed by atoms with Gasteiger partial charge in [0.05, 0.1) is 11.1 Å². The number of nitro groups is 1. The van der Waals surface area contributed by atoms with E-state index in [4.69, 9.17) is 14.9 Å². The number of nitrogens with zero attached hydrogens (tertiary/aromatic N) is 3. The predicted octanol–water partition coefficient (Wildman–Crippen LogP) is 5.78. The van der Waals surface area contributed by atoms with E-state index in [-0.39, 0.29) is 28.3 Å². The van der Waals surface area contributed by atoms with E-state index in [2.05, 4.69) is 15.2 Å². The van der Waals surface area contributed by atoms with Gasteiger partial charge in [-0.15, -0.1) is 0 Å². The second kappa shape index (κ2) is 11.0. The first-order valence-corrected chi connectivity index (χ1v) is 13.9. The van der Waals surface area contributed by atoms with Gasteiger partial charge in [0, 0.05) is 48.6 Å². The maximum Gasteiger partial charge on any atom is 0.269 e. The molecule has 2 heterocycles. The van der Waals surface area contributed by atoms with Crippen LogP contribution in [0.15, 0.2) is 59.1 Å². The predicted molar refractivity (Wildman–Crippen MR) is 152 cm³/mol. The topological polar surface area (TPSA) is 120 Å². The van der Waals surface area contributed by atoms with Crippen molar-refractivity contribution in [2.45, 2.75) is 82.5 Å². The summed E-state index contributed by atoms with van der Waals surface area (Å²) in [7, 11) is 0.